The summed E-state index contributed by atoms with van der Waals surface area (Å²) in [6.07, 6.45) is 9.29. The van der Waals surface area contributed by atoms with Crippen LogP contribution in [-0.4, -0.2) is 103 Å². The molecular weight excluding hydrogens is 673 g/mol. The number of likely N-dealkylation sites (tertiary alicyclic amines) is 1. The molecule has 4 N–H and O–H groups in total. The number of nitrogens with one attached hydrogen (secondary N) is 4. The van der Waals surface area contributed by atoms with E-state index in [1.165, 1.54) is 10.4 Å². The zero-order valence-corrected chi connectivity index (χ0v) is 32.6. The van der Waals surface area contributed by atoms with Gasteiger partial charge in [-0.15, -0.1) is 6.58 Å². The Labute approximate surface area is 305 Å². The topological polar surface area (TPSA) is 174 Å². The highest BCUT2D eigenvalue weighted by atomic mass is 32.2. The molecule has 3 aliphatic rings. The van der Waals surface area contributed by atoms with E-state index in [1.807, 2.05) is 41.5 Å². The van der Waals surface area contributed by atoms with Gasteiger partial charge in [0.15, 0.2) is 0 Å². The van der Waals surface area contributed by atoms with E-state index in [2.05, 4.69) is 27.8 Å². The number of sulfonamides is 1. The van der Waals surface area contributed by atoms with Gasteiger partial charge in [0.05, 0.1) is 11.8 Å². The van der Waals surface area contributed by atoms with Crippen LogP contribution in [0.4, 0.5) is 4.79 Å². The monoisotopic (exact) mass is 736 g/mol. The molecule has 2 aliphatic heterocycles. The Morgan fingerprint density at radius 3 is 2.22 bits per heavy atom. The van der Waals surface area contributed by atoms with Crippen molar-refractivity contribution in [2.75, 3.05) is 31.9 Å². The number of unbranched alkanes of at least 4 members (excludes halogenated alkanes) is 1. The third kappa shape index (κ3) is 12.0. The fourth-order valence-electron chi connectivity index (χ4n) is 7.35. The number of amides is 5. The van der Waals surface area contributed by atoms with Gasteiger partial charge in [0.2, 0.25) is 27.6 Å². The zero-order valence-electron chi connectivity index (χ0n) is 31.8. The maximum Gasteiger partial charge on any atom is 0.315 e. The molecule has 51 heavy (non-hydrogen) atoms. The Morgan fingerprint density at radius 2 is 1.63 bits per heavy atom. The van der Waals surface area contributed by atoms with Crippen molar-refractivity contribution in [2.45, 2.75) is 136 Å². The number of hydrogen-bond acceptors (Lipinski definition) is 7. The second-order valence-corrected chi connectivity index (χ2v) is 18.2. The van der Waals surface area contributed by atoms with Crippen molar-refractivity contribution in [2.24, 2.45) is 23.2 Å². The van der Waals surface area contributed by atoms with Gasteiger partial charge in [-0.1, -0.05) is 79.7 Å². The zero-order chi connectivity index (χ0) is 37.9. The van der Waals surface area contributed by atoms with Crippen molar-refractivity contribution in [3.05, 3.63) is 12.7 Å². The van der Waals surface area contributed by atoms with Crippen LogP contribution in [0.2, 0.25) is 0 Å². The number of hydrogen-bond donors (Lipinski definition) is 4. The van der Waals surface area contributed by atoms with E-state index in [4.69, 9.17) is 0 Å². The fourth-order valence-corrected chi connectivity index (χ4v) is 8.96. The van der Waals surface area contributed by atoms with Gasteiger partial charge < -0.3 is 26.2 Å². The van der Waals surface area contributed by atoms with Crippen molar-refractivity contribution < 1.29 is 32.4 Å². The highest BCUT2D eigenvalue weighted by Crippen LogP contribution is 2.33. The first kappa shape index (κ1) is 42.4. The quantitative estimate of drug-likeness (QED) is 0.139. The molecule has 5 atom stereocenters. The summed E-state index contributed by atoms with van der Waals surface area (Å²) >= 11 is 0. The van der Waals surface area contributed by atoms with Gasteiger partial charge >= 0.3 is 6.03 Å². The Balaban J connectivity index is 1.86. The molecule has 5 amide bonds. The second kappa shape index (κ2) is 19.2. The molecule has 3 rings (SSSR count). The lowest BCUT2D eigenvalue weighted by molar-refractivity contribution is -0.143. The normalized spacial score (nSPS) is 23.2. The molecule has 0 aromatic carbocycles. The average Bonchev–Trinajstić information content (AvgIpc) is 3.54. The molecule has 1 aliphatic carbocycles. The summed E-state index contributed by atoms with van der Waals surface area (Å²) in [5, 5.41) is 11.3. The Kier molecular flexibility index (Phi) is 16.0. The molecule has 13 nitrogen and oxygen atoms in total. The Morgan fingerprint density at radius 1 is 0.941 bits per heavy atom. The van der Waals surface area contributed by atoms with Crippen LogP contribution in [0.15, 0.2) is 12.7 Å². The maximum atomic E-state index is 14.6. The number of Topliss-reactive ketones (excluding diaryl/α,β-unsaturated/α-hetero) is 1. The minimum absolute atomic E-state index is 0.0166. The summed E-state index contributed by atoms with van der Waals surface area (Å²) in [5.41, 5.74) is -0.481. The first-order valence-electron chi connectivity index (χ1n) is 19.1. The van der Waals surface area contributed by atoms with Crippen molar-refractivity contribution in [1.29, 1.82) is 0 Å². The molecule has 14 heteroatoms. The minimum atomic E-state index is -3.42. The summed E-state index contributed by atoms with van der Waals surface area (Å²) in [6, 6.07) is -3.88. The summed E-state index contributed by atoms with van der Waals surface area (Å²) < 4.78 is 27.1. The molecule has 290 valence electrons. The van der Waals surface area contributed by atoms with Crippen molar-refractivity contribution in [1.82, 2.24) is 30.5 Å². The predicted octanol–water partition coefficient (Wildman–Crippen LogP) is 3.49. The van der Waals surface area contributed by atoms with Gasteiger partial charge in [-0.05, 0) is 61.7 Å². The lowest BCUT2D eigenvalue weighted by atomic mass is 9.83. The van der Waals surface area contributed by atoms with E-state index in [1.54, 1.807) is 4.90 Å². The highest BCUT2D eigenvalue weighted by Gasteiger charge is 2.46. The molecular formula is C37H64N6O7S. The Hall–Kier alpha value is -3.00. The van der Waals surface area contributed by atoms with Crippen LogP contribution < -0.4 is 21.3 Å². The van der Waals surface area contributed by atoms with Crippen LogP contribution in [0.5, 0.6) is 0 Å². The molecule has 0 spiro atoms. The van der Waals surface area contributed by atoms with Crippen molar-refractivity contribution in [3.8, 4) is 0 Å². The van der Waals surface area contributed by atoms with Crippen LogP contribution in [0.25, 0.3) is 0 Å². The van der Waals surface area contributed by atoms with Gasteiger partial charge in [-0.25, -0.2) is 13.2 Å². The third-order valence-electron chi connectivity index (χ3n) is 10.8. The molecule has 1 unspecified atom stereocenters. The Bertz CT molecular complexity index is 1340. The van der Waals surface area contributed by atoms with Crippen molar-refractivity contribution in [3.63, 3.8) is 0 Å². The van der Waals surface area contributed by atoms with E-state index < -0.39 is 63.2 Å². The molecule has 3 fully saturated rings. The SMILES string of the molecule is C=CCNC(=O)C(=O)C(CCCC)NC(=O)[C@@H]1C[C@@H](C(C)C)CN1C(=O)[C@@H](NC(=O)N[C@H](CN1CCCCS1(=O)=O)C(C)(C)C)C1CCCCC1. The van der Waals surface area contributed by atoms with Crippen LogP contribution in [0.1, 0.15) is 112 Å². The molecule has 0 radical (unpaired) electrons. The molecule has 0 aromatic heterocycles. The average molecular weight is 737 g/mol. The van der Waals surface area contributed by atoms with Crippen LogP contribution in [0, 0.1) is 23.2 Å². The highest BCUT2D eigenvalue weighted by molar-refractivity contribution is 7.89. The van der Waals surface area contributed by atoms with Crippen LogP contribution in [-0.2, 0) is 29.2 Å². The van der Waals surface area contributed by atoms with E-state index in [0.717, 1.165) is 44.9 Å². The number of rotatable bonds is 16. The standard InChI is InChI=1S/C37H64N6O7S/c1-8-10-18-28(32(44)34(46)38-19-9-2)39-33(45)29-22-27(25(3)4)23-43(29)35(47)31(26-16-12-11-13-17-26)41-36(48)40-30(37(5,6)7)24-42-20-14-15-21-51(42,49)50/h9,25-31H,2,8,10-24H2,1,3-7H3,(H,38,46)(H,39,45)(H2,40,41,48)/t27-,28?,29+,30-,31+/m1/s1. The molecule has 0 aromatic rings. The lowest BCUT2D eigenvalue weighted by Crippen LogP contribution is -2.61. The second-order valence-electron chi connectivity index (χ2n) is 16.1. The number of nitrogens with zero attached hydrogens (tertiary/aromatic N) is 2. The summed E-state index contributed by atoms with van der Waals surface area (Å²) in [6.45, 7) is 16.4. The summed E-state index contributed by atoms with van der Waals surface area (Å²) in [4.78, 5) is 69.7. The molecule has 0 bridgehead atoms. The third-order valence-corrected chi connectivity index (χ3v) is 12.8. The first-order valence-corrected chi connectivity index (χ1v) is 20.7. The van der Waals surface area contributed by atoms with E-state index in [0.29, 0.717) is 32.4 Å². The van der Waals surface area contributed by atoms with Gasteiger partial charge in [-0.3, -0.25) is 19.2 Å². The molecule has 1 saturated carbocycles. The van der Waals surface area contributed by atoms with Gasteiger partial charge in [0, 0.05) is 32.2 Å². The smallest absolute Gasteiger partial charge is 0.315 e. The summed E-state index contributed by atoms with van der Waals surface area (Å²) in [5.74, 6) is -2.22. The number of carbonyl (C=O) groups excluding carboxylic acids is 5. The van der Waals surface area contributed by atoms with Gasteiger partial charge in [-0.2, -0.15) is 4.31 Å². The van der Waals surface area contributed by atoms with E-state index >= 15 is 0 Å². The number of carbonyl (C=O) groups is 5. The van der Waals surface area contributed by atoms with Crippen LogP contribution >= 0.6 is 0 Å². The van der Waals surface area contributed by atoms with Crippen LogP contribution in [0.3, 0.4) is 0 Å². The summed E-state index contributed by atoms with van der Waals surface area (Å²) in [7, 11) is -3.42. The van der Waals surface area contributed by atoms with E-state index in [-0.39, 0.29) is 48.9 Å². The van der Waals surface area contributed by atoms with Gasteiger partial charge in [0.1, 0.15) is 12.1 Å². The molecule has 2 heterocycles. The number of urea groups is 1. The van der Waals surface area contributed by atoms with Crippen molar-refractivity contribution >= 4 is 39.6 Å². The van der Waals surface area contributed by atoms with E-state index in [9.17, 15) is 32.4 Å². The fraction of sp³-hybridized carbons (Fsp3) is 0.811. The maximum absolute atomic E-state index is 14.6. The molecule has 2 saturated heterocycles. The lowest BCUT2D eigenvalue weighted by Gasteiger charge is -2.38. The number of ketones is 1. The first-order chi connectivity index (χ1) is 24.0. The minimum Gasteiger partial charge on any atom is -0.346 e. The predicted molar refractivity (Wildman–Crippen MR) is 198 cm³/mol. The largest absolute Gasteiger partial charge is 0.346 e. The van der Waals surface area contributed by atoms with Gasteiger partial charge in [0.25, 0.3) is 5.91 Å².